The van der Waals surface area contributed by atoms with Crippen LogP contribution in [0.25, 0.3) is 0 Å². The van der Waals surface area contributed by atoms with Gasteiger partial charge in [-0.3, -0.25) is 4.99 Å². The van der Waals surface area contributed by atoms with Crippen LogP contribution in [0.3, 0.4) is 0 Å². The highest BCUT2D eigenvalue weighted by molar-refractivity contribution is 5.83. The summed E-state index contributed by atoms with van der Waals surface area (Å²) in [5, 5.41) is 6.81. The minimum atomic E-state index is 0.670. The quantitative estimate of drug-likeness (QED) is 0.710. The van der Waals surface area contributed by atoms with Crippen LogP contribution in [0.15, 0.2) is 4.99 Å². The van der Waals surface area contributed by atoms with Crippen molar-refractivity contribution in [3.05, 3.63) is 0 Å². The molecule has 1 atom stereocenters. The molecule has 1 fully saturated rings. The monoisotopic (exact) mass is 211 g/mol. The number of ether oxygens (including phenoxy) is 1. The van der Waals surface area contributed by atoms with Crippen molar-refractivity contribution in [3.8, 4) is 0 Å². The third kappa shape index (κ3) is 3.80. The SMILES string of the molecule is C1CNCC(CCNC2=NCCOC2)C1. The summed E-state index contributed by atoms with van der Waals surface area (Å²) in [5.41, 5.74) is 0. The van der Waals surface area contributed by atoms with Crippen LogP contribution in [0.5, 0.6) is 0 Å². The van der Waals surface area contributed by atoms with Crippen molar-refractivity contribution in [1.29, 1.82) is 0 Å². The van der Waals surface area contributed by atoms with E-state index < -0.39 is 0 Å². The Kier molecular flexibility index (Phi) is 4.41. The van der Waals surface area contributed by atoms with Gasteiger partial charge in [0.05, 0.1) is 13.2 Å². The Morgan fingerprint density at radius 1 is 1.53 bits per heavy atom. The fourth-order valence-corrected chi connectivity index (χ4v) is 2.16. The van der Waals surface area contributed by atoms with Crippen LogP contribution in [0.4, 0.5) is 0 Å². The zero-order chi connectivity index (χ0) is 10.3. The van der Waals surface area contributed by atoms with Crippen molar-refractivity contribution < 1.29 is 4.74 Å². The van der Waals surface area contributed by atoms with E-state index in [9.17, 15) is 0 Å². The summed E-state index contributed by atoms with van der Waals surface area (Å²) >= 11 is 0. The van der Waals surface area contributed by atoms with Gasteiger partial charge in [0.25, 0.3) is 0 Å². The summed E-state index contributed by atoms with van der Waals surface area (Å²) < 4.78 is 5.32. The van der Waals surface area contributed by atoms with Crippen molar-refractivity contribution in [2.24, 2.45) is 10.9 Å². The highest BCUT2D eigenvalue weighted by Crippen LogP contribution is 2.12. The maximum Gasteiger partial charge on any atom is 0.123 e. The molecule has 0 aliphatic carbocycles. The predicted octanol–water partition coefficient (Wildman–Crippen LogP) is 0.394. The van der Waals surface area contributed by atoms with Gasteiger partial charge in [-0.05, 0) is 38.3 Å². The molecule has 0 spiro atoms. The highest BCUT2D eigenvalue weighted by atomic mass is 16.5. The van der Waals surface area contributed by atoms with Crippen LogP contribution in [-0.4, -0.2) is 45.2 Å². The lowest BCUT2D eigenvalue weighted by Gasteiger charge is -2.23. The largest absolute Gasteiger partial charge is 0.372 e. The number of aliphatic imine (C=N–C) groups is 1. The van der Waals surface area contributed by atoms with Gasteiger partial charge in [-0.25, -0.2) is 0 Å². The van der Waals surface area contributed by atoms with E-state index in [0.717, 1.165) is 31.4 Å². The zero-order valence-electron chi connectivity index (χ0n) is 9.30. The van der Waals surface area contributed by atoms with Crippen molar-refractivity contribution in [1.82, 2.24) is 10.6 Å². The fourth-order valence-electron chi connectivity index (χ4n) is 2.16. The van der Waals surface area contributed by atoms with Crippen molar-refractivity contribution in [3.63, 3.8) is 0 Å². The standard InChI is InChI=1S/C11H21N3O/c1-2-10(8-12-4-1)3-5-13-11-9-15-7-6-14-11/h10,12H,1-9H2,(H,13,14). The van der Waals surface area contributed by atoms with Gasteiger partial charge in [0.1, 0.15) is 12.4 Å². The number of nitrogens with zero attached hydrogens (tertiary/aromatic N) is 1. The van der Waals surface area contributed by atoms with Gasteiger partial charge in [-0.15, -0.1) is 0 Å². The molecule has 86 valence electrons. The molecule has 4 heteroatoms. The van der Waals surface area contributed by atoms with Gasteiger partial charge < -0.3 is 15.4 Å². The Labute approximate surface area is 91.5 Å². The van der Waals surface area contributed by atoms with E-state index >= 15 is 0 Å². The number of hydrogen-bond donors (Lipinski definition) is 2. The normalized spacial score (nSPS) is 27.2. The molecule has 0 aromatic heterocycles. The smallest absolute Gasteiger partial charge is 0.123 e. The van der Waals surface area contributed by atoms with Gasteiger partial charge >= 0.3 is 0 Å². The number of rotatable bonds is 3. The first-order valence-corrected chi connectivity index (χ1v) is 6.01. The molecule has 0 aromatic carbocycles. The lowest BCUT2D eigenvalue weighted by atomic mass is 9.96. The molecule has 0 aromatic rings. The van der Waals surface area contributed by atoms with Gasteiger partial charge in [-0.1, -0.05) is 0 Å². The first-order valence-electron chi connectivity index (χ1n) is 6.01. The van der Waals surface area contributed by atoms with E-state index in [2.05, 4.69) is 15.6 Å². The lowest BCUT2D eigenvalue weighted by Crippen LogP contribution is -2.35. The second-order valence-electron chi connectivity index (χ2n) is 4.31. The molecule has 2 aliphatic rings. The number of nitrogens with one attached hydrogen (secondary N) is 2. The molecule has 2 aliphatic heterocycles. The summed E-state index contributed by atoms with van der Waals surface area (Å²) in [4.78, 5) is 4.38. The Balaban J connectivity index is 1.59. The Morgan fingerprint density at radius 3 is 3.27 bits per heavy atom. The van der Waals surface area contributed by atoms with Gasteiger partial charge in [0, 0.05) is 6.54 Å². The molecule has 4 nitrogen and oxygen atoms in total. The molecular formula is C11H21N3O. The van der Waals surface area contributed by atoms with E-state index in [0.29, 0.717) is 6.61 Å². The molecule has 1 saturated heterocycles. The number of hydrogen-bond acceptors (Lipinski definition) is 4. The summed E-state index contributed by atoms with van der Waals surface area (Å²) in [7, 11) is 0. The molecule has 2 N–H and O–H groups in total. The molecule has 0 amide bonds. The molecule has 15 heavy (non-hydrogen) atoms. The van der Waals surface area contributed by atoms with E-state index in [1.54, 1.807) is 0 Å². The Bertz CT molecular complexity index is 212. The molecule has 1 unspecified atom stereocenters. The topological polar surface area (TPSA) is 45.7 Å². The minimum absolute atomic E-state index is 0.670. The van der Waals surface area contributed by atoms with E-state index in [1.807, 2.05) is 0 Å². The molecule has 2 heterocycles. The first kappa shape index (κ1) is 10.9. The van der Waals surface area contributed by atoms with Crippen LogP contribution in [-0.2, 0) is 4.74 Å². The fraction of sp³-hybridized carbons (Fsp3) is 0.909. The second-order valence-corrected chi connectivity index (χ2v) is 4.31. The van der Waals surface area contributed by atoms with Gasteiger partial charge in [-0.2, -0.15) is 0 Å². The Morgan fingerprint density at radius 2 is 2.53 bits per heavy atom. The Hall–Kier alpha value is -0.610. The first-order chi connectivity index (χ1) is 7.45. The van der Waals surface area contributed by atoms with Crippen LogP contribution in [0.2, 0.25) is 0 Å². The van der Waals surface area contributed by atoms with Gasteiger partial charge in [0.15, 0.2) is 0 Å². The molecular weight excluding hydrogens is 190 g/mol. The van der Waals surface area contributed by atoms with Crippen molar-refractivity contribution in [2.75, 3.05) is 39.4 Å². The van der Waals surface area contributed by atoms with Crippen LogP contribution in [0, 0.1) is 5.92 Å². The zero-order valence-corrected chi connectivity index (χ0v) is 9.30. The average Bonchev–Trinajstić information content (AvgIpc) is 2.32. The molecule has 0 bridgehead atoms. The average molecular weight is 211 g/mol. The predicted molar refractivity (Wildman–Crippen MR) is 61.3 cm³/mol. The molecule has 2 rings (SSSR count). The highest BCUT2D eigenvalue weighted by Gasteiger charge is 2.12. The van der Waals surface area contributed by atoms with Crippen molar-refractivity contribution in [2.45, 2.75) is 19.3 Å². The van der Waals surface area contributed by atoms with Crippen molar-refractivity contribution >= 4 is 5.84 Å². The second kappa shape index (κ2) is 6.08. The van der Waals surface area contributed by atoms with E-state index in [1.165, 1.54) is 32.4 Å². The molecule has 0 radical (unpaired) electrons. The van der Waals surface area contributed by atoms with Crippen LogP contribution >= 0.6 is 0 Å². The van der Waals surface area contributed by atoms with Crippen LogP contribution in [0.1, 0.15) is 19.3 Å². The minimum Gasteiger partial charge on any atom is -0.372 e. The lowest BCUT2D eigenvalue weighted by molar-refractivity contribution is 0.168. The third-order valence-corrected chi connectivity index (χ3v) is 3.06. The third-order valence-electron chi connectivity index (χ3n) is 3.06. The summed E-state index contributed by atoms with van der Waals surface area (Å²) in [6.45, 7) is 5.68. The number of amidine groups is 1. The summed E-state index contributed by atoms with van der Waals surface area (Å²) in [6, 6.07) is 0. The number of piperidine rings is 1. The maximum atomic E-state index is 5.32. The summed E-state index contributed by atoms with van der Waals surface area (Å²) in [5.74, 6) is 1.88. The summed E-state index contributed by atoms with van der Waals surface area (Å²) in [6.07, 6.45) is 3.94. The molecule has 0 saturated carbocycles. The van der Waals surface area contributed by atoms with Gasteiger partial charge in [0.2, 0.25) is 0 Å². The maximum absolute atomic E-state index is 5.32. The van der Waals surface area contributed by atoms with E-state index in [4.69, 9.17) is 4.74 Å². The van der Waals surface area contributed by atoms with Crippen LogP contribution < -0.4 is 10.6 Å². The van der Waals surface area contributed by atoms with E-state index in [-0.39, 0.29) is 0 Å².